The van der Waals surface area contributed by atoms with Crippen LogP contribution in [0.1, 0.15) is 27.2 Å². The number of amides is 2. The highest BCUT2D eigenvalue weighted by Gasteiger charge is 2.18. The second kappa shape index (κ2) is 7.09. The van der Waals surface area contributed by atoms with E-state index in [1.165, 1.54) is 0 Å². The number of hydrogen-bond acceptors (Lipinski definition) is 2. The molecular formula is C10H22N4O. The van der Waals surface area contributed by atoms with Crippen LogP contribution >= 0.6 is 0 Å². The molecule has 3 N–H and O–H groups in total. The van der Waals surface area contributed by atoms with Crippen molar-refractivity contribution in [2.24, 2.45) is 5.73 Å². The molecule has 0 heterocycles. The van der Waals surface area contributed by atoms with Crippen LogP contribution in [0.2, 0.25) is 0 Å². The first-order chi connectivity index (χ1) is 7.06. The van der Waals surface area contributed by atoms with Crippen molar-refractivity contribution in [2.45, 2.75) is 27.2 Å². The Hall–Kier alpha value is -1.26. The van der Waals surface area contributed by atoms with E-state index < -0.39 is 0 Å². The van der Waals surface area contributed by atoms with Gasteiger partial charge < -0.3 is 15.5 Å². The standard InChI is InChI=1S/C10H22N4O/c1-4-7-14(8-9(11)12)10(15)13(5-2)6-3/h4-8H2,1-3H3,(H3,11,12). The zero-order chi connectivity index (χ0) is 11.8. The van der Waals surface area contributed by atoms with Gasteiger partial charge in [-0.2, -0.15) is 0 Å². The molecule has 0 bridgehead atoms. The maximum Gasteiger partial charge on any atom is 0.320 e. The summed E-state index contributed by atoms with van der Waals surface area (Å²) in [5.74, 6) is 0.0314. The molecule has 0 saturated heterocycles. The largest absolute Gasteiger partial charge is 0.386 e. The molecule has 0 aliphatic carbocycles. The van der Waals surface area contributed by atoms with Gasteiger partial charge in [0.05, 0.1) is 6.54 Å². The van der Waals surface area contributed by atoms with Crippen molar-refractivity contribution < 1.29 is 4.79 Å². The van der Waals surface area contributed by atoms with Crippen molar-refractivity contribution in [3.05, 3.63) is 0 Å². The molecule has 0 rings (SSSR count). The van der Waals surface area contributed by atoms with Gasteiger partial charge in [0.2, 0.25) is 0 Å². The minimum Gasteiger partial charge on any atom is -0.386 e. The Bertz CT molecular complexity index is 213. The van der Waals surface area contributed by atoms with Crippen LogP contribution in [0.5, 0.6) is 0 Å². The first-order valence-corrected chi connectivity index (χ1v) is 5.43. The number of urea groups is 1. The lowest BCUT2D eigenvalue weighted by Gasteiger charge is -2.28. The maximum absolute atomic E-state index is 11.9. The molecular weight excluding hydrogens is 192 g/mol. The minimum atomic E-state index is -0.0305. The summed E-state index contributed by atoms with van der Waals surface area (Å²) < 4.78 is 0. The molecule has 0 spiro atoms. The van der Waals surface area contributed by atoms with E-state index >= 15 is 0 Å². The van der Waals surface area contributed by atoms with E-state index in [0.29, 0.717) is 19.6 Å². The SMILES string of the molecule is CCCN(CC(=N)N)C(=O)N(CC)CC. The lowest BCUT2D eigenvalue weighted by molar-refractivity contribution is 0.163. The number of nitrogens with two attached hydrogens (primary N) is 1. The molecule has 0 radical (unpaired) electrons. The van der Waals surface area contributed by atoms with Gasteiger partial charge >= 0.3 is 6.03 Å². The van der Waals surface area contributed by atoms with Crippen LogP contribution in [0, 0.1) is 5.41 Å². The number of nitrogens with one attached hydrogen (secondary N) is 1. The van der Waals surface area contributed by atoms with Gasteiger partial charge in [-0.3, -0.25) is 5.41 Å². The Kier molecular flexibility index (Phi) is 6.49. The highest BCUT2D eigenvalue weighted by atomic mass is 16.2. The third kappa shape index (κ3) is 4.67. The van der Waals surface area contributed by atoms with Gasteiger partial charge in [-0.15, -0.1) is 0 Å². The summed E-state index contributed by atoms with van der Waals surface area (Å²) >= 11 is 0. The molecule has 88 valence electrons. The molecule has 0 unspecified atom stereocenters. The van der Waals surface area contributed by atoms with Crippen LogP contribution in [-0.2, 0) is 0 Å². The second-order valence-corrected chi connectivity index (χ2v) is 3.40. The number of rotatable bonds is 6. The number of hydrogen-bond donors (Lipinski definition) is 2. The van der Waals surface area contributed by atoms with E-state index in [0.717, 1.165) is 6.42 Å². The summed E-state index contributed by atoms with van der Waals surface area (Å²) in [4.78, 5) is 15.3. The Labute approximate surface area is 91.7 Å². The van der Waals surface area contributed by atoms with Gasteiger partial charge in [0.25, 0.3) is 0 Å². The summed E-state index contributed by atoms with van der Waals surface area (Å²) in [6.07, 6.45) is 0.875. The summed E-state index contributed by atoms with van der Waals surface area (Å²) in [6, 6.07) is -0.0305. The topological polar surface area (TPSA) is 73.4 Å². The molecule has 0 aliphatic heterocycles. The molecule has 0 fully saturated rings. The van der Waals surface area contributed by atoms with Gasteiger partial charge in [-0.05, 0) is 20.3 Å². The molecule has 15 heavy (non-hydrogen) atoms. The Morgan fingerprint density at radius 1 is 1.20 bits per heavy atom. The van der Waals surface area contributed by atoms with Crippen LogP contribution in [-0.4, -0.2) is 47.8 Å². The van der Waals surface area contributed by atoms with Crippen LogP contribution < -0.4 is 5.73 Å². The summed E-state index contributed by atoms with van der Waals surface area (Å²) in [5.41, 5.74) is 5.32. The van der Waals surface area contributed by atoms with Crippen molar-refractivity contribution >= 4 is 11.9 Å². The zero-order valence-corrected chi connectivity index (χ0v) is 9.92. The zero-order valence-electron chi connectivity index (χ0n) is 9.92. The lowest BCUT2D eigenvalue weighted by Crippen LogP contribution is -2.46. The van der Waals surface area contributed by atoms with Crippen LogP contribution in [0.4, 0.5) is 4.79 Å². The maximum atomic E-state index is 11.9. The average Bonchev–Trinajstić information content (AvgIpc) is 2.18. The smallest absolute Gasteiger partial charge is 0.320 e. The molecule has 2 amide bonds. The summed E-state index contributed by atoms with van der Waals surface area (Å²) in [7, 11) is 0. The van der Waals surface area contributed by atoms with Gasteiger partial charge in [-0.1, -0.05) is 6.92 Å². The average molecular weight is 214 g/mol. The molecule has 0 aromatic rings. The third-order valence-corrected chi connectivity index (χ3v) is 2.16. The fraction of sp³-hybridized carbons (Fsp3) is 0.800. The van der Waals surface area contributed by atoms with Crippen molar-refractivity contribution in [1.82, 2.24) is 9.80 Å². The van der Waals surface area contributed by atoms with Gasteiger partial charge in [-0.25, -0.2) is 4.79 Å². The number of carbonyl (C=O) groups excluding carboxylic acids is 1. The second-order valence-electron chi connectivity index (χ2n) is 3.40. The Morgan fingerprint density at radius 3 is 2.07 bits per heavy atom. The normalized spacial score (nSPS) is 9.80. The third-order valence-electron chi connectivity index (χ3n) is 2.16. The van der Waals surface area contributed by atoms with E-state index in [9.17, 15) is 4.79 Å². The molecule has 0 saturated carbocycles. The summed E-state index contributed by atoms with van der Waals surface area (Å²) in [5, 5.41) is 7.22. The highest BCUT2D eigenvalue weighted by molar-refractivity contribution is 5.84. The Balaban J connectivity index is 4.45. The fourth-order valence-electron chi connectivity index (χ4n) is 1.41. The molecule has 5 heteroatoms. The lowest BCUT2D eigenvalue weighted by atomic mass is 10.4. The fourth-order valence-corrected chi connectivity index (χ4v) is 1.41. The van der Waals surface area contributed by atoms with E-state index in [1.54, 1.807) is 9.80 Å². The monoisotopic (exact) mass is 214 g/mol. The van der Waals surface area contributed by atoms with Gasteiger partial charge in [0.1, 0.15) is 5.84 Å². The van der Waals surface area contributed by atoms with E-state index in [1.807, 2.05) is 20.8 Å². The van der Waals surface area contributed by atoms with Gasteiger partial charge in [0.15, 0.2) is 0 Å². The molecule has 0 atom stereocenters. The number of nitrogens with zero attached hydrogens (tertiary/aromatic N) is 2. The van der Waals surface area contributed by atoms with E-state index in [2.05, 4.69) is 0 Å². The summed E-state index contributed by atoms with van der Waals surface area (Å²) in [6.45, 7) is 8.14. The van der Waals surface area contributed by atoms with E-state index in [-0.39, 0.29) is 18.4 Å². The Morgan fingerprint density at radius 2 is 1.73 bits per heavy atom. The van der Waals surface area contributed by atoms with Crippen molar-refractivity contribution in [1.29, 1.82) is 5.41 Å². The molecule has 5 nitrogen and oxygen atoms in total. The van der Waals surface area contributed by atoms with Crippen molar-refractivity contribution in [3.8, 4) is 0 Å². The van der Waals surface area contributed by atoms with Crippen molar-refractivity contribution in [3.63, 3.8) is 0 Å². The molecule has 0 aromatic heterocycles. The number of amidine groups is 1. The predicted octanol–water partition coefficient (Wildman–Crippen LogP) is 1.10. The number of carbonyl (C=O) groups is 1. The molecule has 0 aromatic carbocycles. The van der Waals surface area contributed by atoms with Crippen LogP contribution in [0.25, 0.3) is 0 Å². The van der Waals surface area contributed by atoms with E-state index in [4.69, 9.17) is 11.1 Å². The minimum absolute atomic E-state index is 0.0305. The predicted molar refractivity (Wildman–Crippen MR) is 62.1 cm³/mol. The molecule has 0 aliphatic rings. The van der Waals surface area contributed by atoms with Crippen LogP contribution in [0.15, 0.2) is 0 Å². The highest BCUT2D eigenvalue weighted by Crippen LogP contribution is 2.00. The quantitative estimate of drug-likeness (QED) is 0.513. The van der Waals surface area contributed by atoms with Gasteiger partial charge in [0, 0.05) is 19.6 Å². The van der Waals surface area contributed by atoms with Crippen molar-refractivity contribution in [2.75, 3.05) is 26.2 Å². The first kappa shape index (κ1) is 13.7. The van der Waals surface area contributed by atoms with Crippen LogP contribution in [0.3, 0.4) is 0 Å². The first-order valence-electron chi connectivity index (χ1n) is 5.43.